The van der Waals surface area contributed by atoms with Gasteiger partial charge in [-0.1, -0.05) is 6.07 Å². The van der Waals surface area contributed by atoms with Crippen molar-refractivity contribution in [1.82, 2.24) is 5.32 Å². The lowest BCUT2D eigenvalue weighted by atomic mass is 10.2. The monoisotopic (exact) mass is 250 g/mol. The first kappa shape index (κ1) is 12.0. The second-order valence-electron chi connectivity index (χ2n) is 3.99. The minimum Gasteiger partial charge on any atom is -0.352 e. The predicted octanol–water partition coefficient (Wildman–Crippen LogP) is 1.76. The van der Waals surface area contributed by atoms with Crippen LogP contribution in [0.25, 0.3) is 0 Å². The summed E-state index contributed by atoms with van der Waals surface area (Å²) in [6.45, 7) is 3.85. The number of hydrogen-bond acceptors (Lipinski definition) is 3. The van der Waals surface area contributed by atoms with Gasteiger partial charge in [0, 0.05) is 18.4 Å². The number of anilines is 1. The van der Waals surface area contributed by atoms with Crippen LogP contribution in [-0.2, 0) is 16.1 Å². The summed E-state index contributed by atoms with van der Waals surface area (Å²) in [5.74, 6) is -0.0334. The van der Waals surface area contributed by atoms with Gasteiger partial charge in [0.1, 0.15) is 0 Å². The predicted molar refractivity (Wildman–Crippen MR) is 67.9 cm³/mol. The molecule has 1 aromatic rings. The lowest BCUT2D eigenvalue weighted by Crippen LogP contribution is -2.26. The summed E-state index contributed by atoms with van der Waals surface area (Å²) >= 11 is 1.55. The van der Waals surface area contributed by atoms with Gasteiger partial charge in [0.05, 0.1) is 10.9 Å². The van der Waals surface area contributed by atoms with Crippen LogP contribution < -0.4 is 10.6 Å². The van der Waals surface area contributed by atoms with Crippen molar-refractivity contribution in [2.45, 2.75) is 30.5 Å². The number of benzene rings is 1. The van der Waals surface area contributed by atoms with E-state index in [1.54, 1.807) is 11.8 Å². The van der Waals surface area contributed by atoms with Crippen molar-refractivity contribution < 1.29 is 9.59 Å². The van der Waals surface area contributed by atoms with Crippen LogP contribution in [0.3, 0.4) is 0 Å². The van der Waals surface area contributed by atoms with Crippen LogP contribution in [0, 0.1) is 0 Å². The molecule has 17 heavy (non-hydrogen) atoms. The molecule has 2 rings (SSSR count). The molecular weight excluding hydrogens is 236 g/mol. The smallest absolute Gasteiger partial charge is 0.237 e. The maximum atomic E-state index is 11.5. The molecule has 0 bridgehead atoms. The van der Waals surface area contributed by atoms with E-state index in [1.807, 2.05) is 25.1 Å². The van der Waals surface area contributed by atoms with Gasteiger partial charge in [-0.2, -0.15) is 0 Å². The Labute approximate surface area is 104 Å². The summed E-state index contributed by atoms with van der Waals surface area (Å²) in [7, 11) is 0. The maximum Gasteiger partial charge on any atom is 0.237 e. The highest BCUT2D eigenvalue weighted by molar-refractivity contribution is 8.00. The lowest BCUT2D eigenvalue weighted by Gasteiger charge is -2.21. The minimum absolute atomic E-state index is 0.0270. The van der Waals surface area contributed by atoms with Crippen molar-refractivity contribution in [3.63, 3.8) is 0 Å². The van der Waals surface area contributed by atoms with E-state index < -0.39 is 0 Å². The fourth-order valence-electron chi connectivity index (χ4n) is 1.59. The fourth-order valence-corrected chi connectivity index (χ4v) is 2.52. The van der Waals surface area contributed by atoms with Crippen molar-refractivity contribution in [1.29, 1.82) is 0 Å². The normalized spacial score (nSPS) is 18.2. The summed E-state index contributed by atoms with van der Waals surface area (Å²) in [6, 6.07) is 5.85. The molecule has 0 fully saturated rings. The molecule has 0 radical (unpaired) electrons. The molecule has 2 amide bonds. The molecule has 90 valence electrons. The Balaban J connectivity index is 2.17. The van der Waals surface area contributed by atoms with Gasteiger partial charge < -0.3 is 10.6 Å². The third kappa shape index (κ3) is 2.79. The molecule has 2 N–H and O–H groups in total. The lowest BCUT2D eigenvalue weighted by molar-refractivity contribution is -0.119. The zero-order valence-corrected chi connectivity index (χ0v) is 10.6. The molecule has 0 saturated carbocycles. The average Bonchev–Trinajstić information content (AvgIpc) is 2.28. The first-order chi connectivity index (χ1) is 8.06. The van der Waals surface area contributed by atoms with Crippen molar-refractivity contribution >= 4 is 29.3 Å². The van der Waals surface area contributed by atoms with Gasteiger partial charge >= 0.3 is 0 Å². The molecule has 1 heterocycles. The van der Waals surface area contributed by atoms with E-state index in [-0.39, 0.29) is 17.1 Å². The summed E-state index contributed by atoms with van der Waals surface area (Å²) in [4.78, 5) is 23.4. The van der Waals surface area contributed by atoms with Gasteiger partial charge in [0.15, 0.2) is 0 Å². The summed E-state index contributed by atoms with van der Waals surface area (Å²) in [6.07, 6.45) is 0. The Bertz CT molecular complexity index is 474. The molecule has 1 aromatic carbocycles. The Morgan fingerprint density at radius 1 is 1.53 bits per heavy atom. The average molecular weight is 250 g/mol. The number of rotatable bonds is 2. The molecule has 5 heteroatoms. The van der Waals surface area contributed by atoms with Crippen molar-refractivity contribution in [3.8, 4) is 0 Å². The number of thioether (sulfide) groups is 1. The van der Waals surface area contributed by atoms with Gasteiger partial charge in [-0.3, -0.25) is 9.59 Å². The van der Waals surface area contributed by atoms with Gasteiger partial charge in [-0.15, -0.1) is 11.8 Å². The largest absolute Gasteiger partial charge is 0.352 e. The van der Waals surface area contributed by atoms with E-state index in [1.165, 1.54) is 6.92 Å². The van der Waals surface area contributed by atoms with Gasteiger partial charge in [-0.25, -0.2) is 0 Å². The first-order valence-electron chi connectivity index (χ1n) is 5.41. The Kier molecular flexibility index (Phi) is 3.38. The van der Waals surface area contributed by atoms with E-state index in [2.05, 4.69) is 10.6 Å². The van der Waals surface area contributed by atoms with E-state index >= 15 is 0 Å². The van der Waals surface area contributed by atoms with Crippen molar-refractivity contribution in [2.75, 3.05) is 5.32 Å². The summed E-state index contributed by atoms with van der Waals surface area (Å²) in [5.41, 5.74) is 1.82. The van der Waals surface area contributed by atoms with Crippen LogP contribution in [0.15, 0.2) is 23.1 Å². The Hall–Kier alpha value is -1.49. The van der Waals surface area contributed by atoms with Crippen LogP contribution >= 0.6 is 11.8 Å². The number of carbonyl (C=O) groups is 2. The van der Waals surface area contributed by atoms with Crippen LogP contribution in [0.2, 0.25) is 0 Å². The van der Waals surface area contributed by atoms with E-state index in [4.69, 9.17) is 0 Å². The highest BCUT2D eigenvalue weighted by atomic mass is 32.2. The number of nitrogens with one attached hydrogen (secondary N) is 2. The van der Waals surface area contributed by atoms with E-state index in [0.29, 0.717) is 6.54 Å². The second kappa shape index (κ2) is 4.79. The molecule has 1 aliphatic heterocycles. The quantitative estimate of drug-likeness (QED) is 0.840. The van der Waals surface area contributed by atoms with E-state index in [0.717, 1.165) is 16.1 Å². The van der Waals surface area contributed by atoms with Crippen molar-refractivity contribution in [3.05, 3.63) is 23.8 Å². The fraction of sp³-hybridized carbons (Fsp3) is 0.333. The maximum absolute atomic E-state index is 11.5. The summed E-state index contributed by atoms with van der Waals surface area (Å²) < 4.78 is 0. The SMILES string of the molecule is CC(=O)NCc1ccc2c(c1)NC(=O)C(C)S2. The second-order valence-corrected chi connectivity index (χ2v) is 5.37. The first-order valence-corrected chi connectivity index (χ1v) is 6.29. The number of hydrogen-bond donors (Lipinski definition) is 2. The number of fused-ring (bicyclic) bond motifs is 1. The molecule has 0 spiro atoms. The van der Waals surface area contributed by atoms with Gasteiger partial charge in [-0.05, 0) is 24.6 Å². The highest BCUT2D eigenvalue weighted by Gasteiger charge is 2.22. The topological polar surface area (TPSA) is 58.2 Å². The third-order valence-electron chi connectivity index (χ3n) is 2.52. The minimum atomic E-state index is -0.0604. The van der Waals surface area contributed by atoms with E-state index in [9.17, 15) is 9.59 Å². The van der Waals surface area contributed by atoms with Crippen molar-refractivity contribution in [2.24, 2.45) is 0 Å². The van der Waals surface area contributed by atoms with Crippen LogP contribution in [0.4, 0.5) is 5.69 Å². The Morgan fingerprint density at radius 2 is 2.29 bits per heavy atom. The zero-order chi connectivity index (χ0) is 12.4. The van der Waals surface area contributed by atoms with Crippen LogP contribution in [0.1, 0.15) is 19.4 Å². The molecule has 1 aliphatic rings. The molecule has 1 unspecified atom stereocenters. The molecule has 0 aliphatic carbocycles. The van der Waals surface area contributed by atoms with Gasteiger partial charge in [0.2, 0.25) is 11.8 Å². The van der Waals surface area contributed by atoms with Crippen LogP contribution in [0.5, 0.6) is 0 Å². The number of amides is 2. The standard InChI is InChI=1S/C12H14N2O2S/c1-7-12(16)14-10-5-9(6-13-8(2)15)3-4-11(10)17-7/h3-5,7H,6H2,1-2H3,(H,13,15)(H,14,16). The Morgan fingerprint density at radius 3 is 3.00 bits per heavy atom. The molecular formula is C12H14N2O2S. The molecule has 0 aromatic heterocycles. The molecule has 4 nitrogen and oxygen atoms in total. The van der Waals surface area contributed by atoms with Gasteiger partial charge in [0.25, 0.3) is 0 Å². The zero-order valence-electron chi connectivity index (χ0n) is 9.74. The highest BCUT2D eigenvalue weighted by Crippen LogP contribution is 2.35. The summed E-state index contributed by atoms with van der Waals surface area (Å²) in [5, 5.41) is 5.54. The molecule has 1 atom stereocenters. The van der Waals surface area contributed by atoms with Crippen LogP contribution in [-0.4, -0.2) is 17.1 Å². The molecule has 0 saturated heterocycles. The third-order valence-corrected chi connectivity index (χ3v) is 3.69. The number of carbonyl (C=O) groups excluding carboxylic acids is 2.